The number of nitrogens with zero attached hydrogens (tertiary/aromatic N) is 2. The van der Waals surface area contributed by atoms with Gasteiger partial charge in [0.15, 0.2) is 5.76 Å². The predicted molar refractivity (Wildman–Crippen MR) is 122 cm³/mol. The lowest BCUT2D eigenvalue weighted by Gasteiger charge is -2.10. The highest BCUT2D eigenvalue weighted by molar-refractivity contribution is 6.07. The Labute approximate surface area is 184 Å². The molecule has 8 heteroatoms. The summed E-state index contributed by atoms with van der Waals surface area (Å²) in [6.45, 7) is 3.58. The minimum absolute atomic E-state index is 0.167. The van der Waals surface area contributed by atoms with Crippen LogP contribution in [0.1, 0.15) is 32.2 Å². The van der Waals surface area contributed by atoms with Gasteiger partial charge in [0.05, 0.1) is 17.6 Å². The summed E-state index contributed by atoms with van der Waals surface area (Å²) in [5, 5.41) is 5.48. The van der Waals surface area contributed by atoms with Crippen molar-refractivity contribution in [2.75, 3.05) is 10.6 Å². The first-order valence-corrected chi connectivity index (χ1v) is 9.97. The second kappa shape index (κ2) is 8.43. The fourth-order valence-corrected chi connectivity index (χ4v) is 3.39. The molecule has 162 valence electrons. The number of hydrogen-bond acceptors (Lipinski definition) is 4. The van der Waals surface area contributed by atoms with E-state index in [2.05, 4.69) is 10.6 Å². The van der Waals surface area contributed by atoms with Crippen LogP contribution in [0.3, 0.4) is 0 Å². The van der Waals surface area contributed by atoms with E-state index in [1.54, 1.807) is 49.0 Å². The highest BCUT2D eigenvalue weighted by Crippen LogP contribution is 2.20. The Morgan fingerprint density at radius 1 is 0.906 bits per heavy atom. The minimum atomic E-state index is -0.454. The first-order chi connectivity index (χ1) is 15.4. The van der Waals surface area contributed by atoms with Crippen molar-refractivity contribution < 1.29 is 14.0 Å². The monoisotopic (exact) mass is 430 g/mol. The number of aryl methyl sites for hydroxylation is 1. The number of aromatic nitrogens is 2. The molecule has 4 aromatic rings. The average Bonchev–Trinajstić information content (AvgIpc) is 3.40. The fourth-order valence-electron chi connectivity index (χ4n) is 3.39. The van der Waals surface area contributed by atoms with Gasteiger partial charge in [-0.1, -0.05) is 24.3 Å². The van der Waals surface area contributed by atoms with E-state index in [0.717, 1.165) is 5.56 Å². The Morgan fingerprint density at radius 3 is 2.34 bits per heavy atom. The van der Waals surface area contributed by atoms with E-state index in [1.807, 2.05) is 37.3 Å². The first kappa shape index (κ1) is 20.9. The number of hydrogen-bond donors (Lipinski definition) is 2. The second-order valence-corrected chi connectivity index (χ2v) is 7.35. The SMILES string of the molecule is Cc1ccc(C(=O)Nc2c(C)n(C)n(-c3ccccc3)c2=O)cc1NC(=O)c1ccco1. The molecule has 2 aromatic carbocycles. The molecule has 0 aliphatic rings. The zero-order valence-electron chi connectivity index (χ0n) is 17.9. The lowest BCUT2D eigenvalue weighted by molar-refractivity contribution is 0.0993. The van der Waals surface area contributed by atoms with Crippen LogP contribution in [0.2, 0.25) is 0 Å². The number of rotatable bonds is 5. The summed E-state index contributed by atoms with van der Waals surface area (Å²) in [5.74, 6) is -0.703. The summed E-state index contributed by atoms with van der Waals surface area (Å²) in [7, 11) is 1.76. The zero-order chi connectivity index (χ0) is 22.8. The van der Waals surface area contributed by atoms with Crippen LogP contribution >= 0.6 is 0 Å². The first-order valence-electron chi connectivity index (χ1n) is 9.97. The molecule has 0 fully saturated rings. The molecule has 0 spiro atoms. The van der Waals surface area contributed by atoms with Crippen LogP contribution in [-0.4, -0.2) is 21.2 Å². The van der Waals surface area contributed by atoms with Gasteiger partial charge in [0, 0.05) is 18.3 Å². The van der Waals surface area contributed by atoms with Gasteiger partial charge in [-0.2, -0.15) is 0 Å². The number of furan rings is 1. The van der Waals surface area contributed by atoms with E-state index in [9.17, 15) is 14.4 Å². The summed E-state index contributed by atoms with van der Waals surface area (Å²) >= 11 is 0. The Hall–Kier alpha value is -4.33. The molecule has 2 amide bonds. The molecule has 2 aromatic heterocycles. The van der Waals surface area contributed by atoms with Crippen LogP contribution in [-0.2, 0) is 7.05 Å². The van der Waals surface area contributed by atoms with Gasteiger partial charge in [-0.05, 0) is 55.8 Å². The van der Waals surface area contributed by atoms with Crippen LogP contribution < -0.4 is 16.2 Å². The number of para-hydroxylation sites is 1. The maximum absolute atomic E-state index is 13.0. The van der Waals surface area contributed by atoms with Crippen LogP contribution in [0.25, 0.3) is 5.69 Å². The molecule has 8 nitrogen and oxygen atoms in total. The van der Waals surface area contributed by atoms with E-state index in [1.165, 1.54) is 10.9 Å². The molecule has 2 N–H and O–H groups in total. The third-order valence-electron chi connectivity index (χ3n) is 5.29. The van der Waals surface area contributed by atoms with Gasteiger partial charge in [-0.25, -0.2) is 4.68 Å². The largest absolute Gasteiger partial charge is 0.459 e. The van der Waals surface area contributed by atoms with Crippen LogP contribution in [0, 0.1) is 13.8 Å². The standard InChI is InChI=1S/C24H22N4O4/c1-15-11-12-17(14-19(15)25-23(30)20-10-7-13-32-20)22(29)26-21-16(2)27(3)28(24(21)31)18-8-5-4-6-9-18/h4-14H,1-3H3,(H,25,30)(H,26,29). The maximum Gasteiger partial charge on any atom is 0.295 e. The van der Waals surface area contributed by atoms with Crippen molar-refractivity contribution in [2.24, 2.45) is 7.05 Å². The van der Waals surface area contributed by atoms with Gasteiger partial charge < -0.3 is 15.1 Å². The molecule has 0 radical (unpaired) electrons. The van der Waals surface area contributed by atoms with Crippen molar-refractivity contribution in [3.63, 3.8) is 0 Å². The molecule has 32 heavy (non-hydrogen) atoms. The highest BCUT2D eigenvalue weighted by Gasteiger charge is 2.19. The van der Waals surface area contributed by atoms with Crippen LogP contribution in [0.4, 0.5) is 11.4 Å². The van der Waals surface area contributed by atoms with Crippen molar-refractivity contribution in [3.05, 3.63) is 99.9 Å². The number of nitrogens with one attached hydrogen (secondary N) is 2. The summed E-state index contributed by atoms with van der Waals surface area (Å²) in [6, 6.07) is 17.3. The number of carbonyl (C=O) groups excluding carboxylic acids is 2. The Kier molecular flexibility index (Phi) is 5.51. The van der Waals surface area contributed by atoms with Gasteiger partial charge in [0.25, 0.3) is 17.4 Å². The molecule has 0 unspecified atom stereocenters. The van der Waals surface area contributed by atoms with E-state index in [4.69, 9.17) is 4.42 Å². The van der Waals surface area contributed by atoms with E-state index in [-0.39, 0.29) is 17.0 Å². The van der Waals surface area contributed by atoms with Gasteiger partial charge >= 0.3 is 0 Å². The Bertz CT molecular complexity index is 1350. The zero-order valence-corrected chi connectivity index (χ0v) is 17.9. The lowest BCUT2D eigenvalue weighted by Crippen LogP contribution is -2.23. The number of anilines is 2. The molecule has 0 aliphatic carbocycles. The highest BCUT2D eigenvalue weighted by atomic mass is 16.3. The molecule has 0 saturated heterocycles. The molecule has 0 atom stereocenters. The third kappa shape index (κ3) is 3.85. The number of carbonyl (C=O) groups is 2. The normalized spacial score (nSPS) is 10.7. The van der Waals surface area contributed by atoms with E-state index >= 15 is 0 Å². The Morgan fingerprint density at radius 2 is 1.66 bits per heavy atom. The molecule has 0 bridgehead atoms. The number of benzene rings is 2. The second-order valence-electron chi connectivity index (χ2n) is 7.35. The summed E-state index contributed by atoms with van der Waals surface area (Å²) < 4.78 is 8.30. The average molecular weight is 430 g/mol. The third-order valence-corrected chi connectivity index (χ3v) is 5.29. The quantitative estimate of drug-likeness (QED) is 0.502. The van der Waals surface area contributed by atoms with Crippen LogP contribution in [0.5, 0.6) is 0 Å². The van der Waals surface area contributed by atoms with E-state index < -0.39 is 11.8 Å². The molecule has 0 saturated carbocycles. The van der Waals surface area contributed by atoms with Gasteiger partial charge in [0.1, 0.15) is 5.69 Å². The van der Waals surface area contributed by atoms with Gasteiger partial charge in [-0.15, -0.1) is 0 Å². The molecule has 2 heterocycles. The predicted octanol–water partition coefficient (Wildman–Crippen LogP) is 3.89. The summed E-state index contributed by atoms with van der Waals surface area (Å²) in [6.07, 6.45) is 1.41. The van der Waals surface area contributed by atoms with Crippen LogP contribution in [0.15, 0.2) is 76.1 Å². The lowest BCUT2D eigenvalue weighted by atomic mass is 10.1. The topological polar surface area (TPSA) is 98.3 Å². The van der Waals surface area contributed by atoms with Crippen molar-refractivity contribution in [3.8, 4) is 5.69 Å². The van der Waals surface area contributed by atoms with E-state index in [0.29, 0.717) is 22.6 Å². The van der Waals surface area contributed by atoms with Gasteiger partial charge in [-0.3, -0.25) is 19.1 Å². The number of amides is 2. The van der Waals surface area contributed by atoms with Crippen molar-refractivity contribution in [1.29, 1.82) is 0 Å². The molecular formula is C24H22N4O4. The fraction of sp³-hybridized carbons (Fsp3) is 0.125. The van der Waals surface area contributed by atoms with Crippen molar-refractivity contribution >= 4 is 23.2 Å². The molecular weight excluding hydrogens is 408 g/mol. The summed E-state index contributed by atoms with van der Waals surface area (Å²) in [5.41, 5.74) is 2.74. The van der Waals surface area contributed by atoms with Gasteiger partial charge in [0.2, 0.25) is 0 Å². The molecule has 0 aliphatic heterocycles. The summed E-state index contributed by atoms with van der Waals surface area (Å²) in [4.78, 5) is 38.3. The van der Waals surface area contributed by atoms with Crippen molar-refractivity contribution in [1.82, 2.24) is 9.36 Å². The maximum atomic E-state index is 13.0. The minimum Gasteiger partial charge on any atom is -0.459 e. The smallest absolute Gasteiger partial charge is 0.295 e. The van der Waals surface area contributed by atoms with Crippen molar-refractivity contribution in [2.45, 2.75) is 13.8 Å². The molecule has 4 rings (SSSR count). The Balaban J connectivity index is 1.61.